The van der Waals surface area contributed by atoms with Crippen molar-refractivity contribution in [1.29, 1.82) is 0 Å². The van der Waals surface area contributed by atoms with Gasteiger partial charge in [-0.2, -0.15) is 0 Å². The van der Waals surface area contributed by atoms with Gasteiger partial charge >= 0.3 is 0 Å². The number of amidine groups is 1. The number of anilines is 1. The molecular formula is C27H33N3OS. The predicted octanol–water partition coefficient (Wildman–Crippen LogP) is 6.62. The second-order valence-electron chi connectivity index (χ2n) is 9.76. The van der Waals surface area contributed by atoms with Gasteiger partial charge in [0.2, 0.25) is 0 Å². The van der Waals surface area contributed by atoms with Crippen molar-refractivity contribution in [1.82, 2.24) is 5.32 Å². The van der Waals surface area contributed by atoms with E-state index in [-0.39, 0.29) is 11.4 Å². The smallest absolute Gasteiger partial charge is 0.264 e. The summed E-state index contributed by atoms with van der Waals surface area (Å²) >= 11 is 1.41. The monoisotopic (exact) mass is 447 g/mol. The lowest BCUT2D eigenvalue weighted by Gasteiger charge is -2.47. The first kappa shape index (κ1) is 22.7. The van der Waals surface area contributed by atoms with Crippen LogP contribution in [0.25, 0.3) is 6.08 Å². The molecule has 0 aromatic heterocycles. The van der Waals surface area contributed by atoms with Crippen LogP contribution in [0.5, 0.6) is 0 Å². The molecule has 2 aliphatic rings. The second-order valence-corrected chi connectivity index (χ2v) is 10.8. The molecule has 1 amide bonds. The molecule has 1 fully saturated rings. The van der Waals surface area contributed by atoms with E-state index in [2.05, 4.69) is 81.9 Å². The first-order valence-corrected chi connectivity index (χ1v) is 12.2. The Kier molecular flexibility index (Phi) is 5.97. The Bertz CT molecular complexity index is 1130. The van der Waals surface area contributed by atoms with Gasteiger partial charge in [-0.1, -0.05) is 13.0 Å². The van der Waals surface area contributed by atoms with Crippen LogP contribution in [0.2, 0.25) is 0 Å². The van der Waals surface area contributed by atoms with Crippen LogP contribution in [-0.2, 0) is 4.79 Å². The fourth-order valence-electron chi connectivity index (χ4n) is 5.16. The Hall–Kier alpha value is -2.53. The molecule has 0 bridgehead atoms. The van der Waals surface area contributed by atoms with Crippen LogP contribution in [0.15, 0.2) is 40.2 Å². The summed E-state index contributed by atoms with van der Waals surface area (Å²) in [5.41, 5.74) is 8.34. The number of hydrogen-bond donors (Lipinski definition) is 1. The number of amides is 1. The summed E-state index contributed by atoms with van der Waals surface area (Å²) in [6, 6.07) is 10.8. The van der Waals surface area contributed by atoms with Crippen LogP contribution in [0, 0.1) is 20.8 Å². The lowest BCUT2D eigenvalue weighted by molar-refractivity contribution is -0.115. The van der Waals surface area contributed by atoms with Crippen LogP contribution in [-0.4, -0.2) is 23.2 Å². The molecule has 0 spiro atoms. The van der Waals surface area contributed by atoms with E-state index in [1.165, 1.54) is 28.6 Å². The largest absolute Gasteiger partial charge is 0.366 e. The van der Waals surface area contributed by atoms with E-state index in [4.69, 9.17) is 0 Å². The number of fused-ring (bicyclic) bond motifs is 1. The van der Waals surface area contributed by atoms with Gasteiger partial charge in [-0.15, -0.1) is 0 Å². The zero-order valence-corrected chi connectivity index (χ0v) is 21.0. The standard InChI is InChI=1S/C27H33N3OS/c1-8-30-23-12-18(4)20(13-22(23)19(5)15-27(30,6)7)14-24-25(31)29-26(32-24)28-21-10-16(2)9-17(3)11-21/h9-14,19H,8,15H2,1-7H3,(H,28,29,31)/b24-14+. The number of aryl methyl sites for hydroxylation is 3. The topological polar surface area (TPSA) is 44.7 Å². The summed E-state index contributed by atoms with van der Waals surface area (Å²) in [6.45, 7) is 16.4. The molecule has 2 aromatic rings. The molecule has 2 aliphatic heterocycles. The van der Waals surface area contributed by atoms with Crippen LogP contribution >= 0.6 is 11.8 Å². The molecule has 2 aromatic carbocycles. The minimum absolute atomic E-state index is 0.0837. The third-order valence-electron chi connectivity index (χ3n) is 6.46. The number of nitrogens with one attached hydrogen (secondary N) is 1. The van der Waals surface area contributed by atoms with Gasteiger partial charge in [0.15, 0.2) is 5.17 Å². The fourth-order valence-corrected chi connectivity index (χ4v) is 5.99. The van der Waals surface area contributed by atoms with Gasteiger partial charge in [0, 0.05) is 17.8 Å². The minimum Gasteiger partial charge on any atom is -0.366 e. The number of benzene rings is 2. The van der Waals surface area contributed by atoms with Crippen molar-refractivity contribution in [2.24, 2.45) is 4.99 Å². The van der Waals surface area contributed by atoms with Crippen LogP contribution < -0.4 is 10.2 Å². The van der Waals surface area contributed by atoms with Crippen molar-refractivity contribution in [3.63, 3.8) is 0 Å². The third-order valence-corrected chi connectivity index (χ3v) is 7.37. The van der Waals surface area contributed by atoms with Gasteiger partial charge in [0.25, 0.3) is 5.91 Å². The number of carbonyl (C=O) groups excluding carboxylic acids is 1. The van der Waals surface area contributed by atoms with Crippen LogP contribution in [0.4, 0.5) is 11.4 Å². The second kappa shape index (κ2) is 8.43. The molecule has 5 heteroatoms. The predicted molar refractivity (Wildman–Crippen MR) is 138 cm³/mol. The average molecular weight is 448 g/mol. The summed E-state index contributed by atoms with van der Waals surface area (Å²) in [4.78, 5) is 20.5. The van der Waals surface area contributed by atoms with Crippen molar-refractivity contribution in [2.75, 3.05) is 11.4 Å². The first-order valence-electron chi connectivity index (χ1n) is 11.4. The van der Waals surface area contributed by atoms with E-state index in [1.807, 2.05) is 18.2 Å². The highest BCUT2D eigenvalue weighted by molar-refractivity contribution is 8.18. The van der Waals surface area contributed by atoms with Crippen LogP contribution in [0.1, 0.15) is 67.9 Å². The zero-order chi connectivity index (χ0) is 23.2. The number of hydrogen-bond acceptors (Lipinski definition) is 4. The molecular weight excluding hydrogens is 414 g/mol. The van der Waals surface area contributed by atoms with Crippen molar-refractivity contribution < 1.29 is 4.79 Å². The Morgan fingerprint density at radius 3 is 2.50 bits per heavy atom. The van der Waals surface area contributed by atoms with E-state index in [0.29, 0.717) is 16.0 Å². The van der Waals surface area contributed by atoms with Crippen molar-refractivity contribution >= 4 is 40.3 Å². The summed E-state index contributed by atoms with van der Waals surface area (Å²) in [5, 5.41) is 3.56. The Balaban J connectivity index is 1.67. The van der Waals surface area contributed by atoms with Crippen molar-refractivity contribution in [3.8, 4) is 0 Å². The third kappa shape index (κ3) is 4.36. The van der Waals surface area contributed by atoms with E-state index < -0.39 is 0 Å². The average Bonchev–Trinajstić information content (AvgIpc) is 3.00. The highest BCUT2D eigenvalue weighted by atomic mass is 32.2. The molecule has 4 rings (SSSR count). The molecule has 0 aliphatic carbocycles. The van der Waals surface area contributed by atoms with E-state index >= 15 is 0 Å². The number of nitrogens with zero attached hydrogens (tertiary/aromatic N) is 2. The number of rotatable bonds is 3. The van der Waals surface area contributed by atoms with Gasteiger partial charge in [-0.05, 0) is 124 Å². The van der Waals surface area contributed by atoms with Gasteiger partial charge in [-0.3, -0.25) is 4.79 Å². The van der Waals surface area contributed by atoms with Crippen LogP contribution in [0.3, 0.4) is 0 Å². The molecule has 4 nitrogen and oxygen atoms in total. The SMILES string of the molecule is CCN1c2cc(C)c(/C=C3/SC(=Nc4cc(C)cc(C)c4)NC3=O)cc2C(C)CC1(C)C. The van der Waals surface area contributed by atoms with Gasteiger partial charge in [0.1, 0.15) is 0 Å². The normalized spacial score (nSPS) is 22.4. The number of aliphatic imine (C=N–C) groups is 1. The summed E-state index contributed by atoms with van der Waals surface area (Å²) in [6.07, 6.45) is 3.14. The quantitative estimate of drug-likeness (QED) is 0.538. The lowest BCUT2D eigenvalue weighted by Crippen LogP contribution is -2.48. The number of thioether (sulfide) groups is 1. The maximum atomic E-state index is 12.7. The number of carbonyl (C=O) groups is 1. The highest BCUT2D eigenvalue weighted by Crippen LogP contribution is 2.44. The molecule has 0 radical (unpaired) electrons. The lowest BCUT2D eigenvalue weighted by atomic mass is 9.79. The zero-order valence-electron chi connectivity index (χ0n) is 20.2. The minimum atomic E-state index is -0.0837. The molecule has 1 saturated heterocycles. The van der Waals surface area contributed by atoms with E-state index in [9.17, 15) is 4.79 Å². The van der Waals surface area contributed by atoms with E-state index in [1.54, 1.807) is 0 Å². The maximum absolute atomic E-state index is 12.7. The van der Waals surface area contributed by atoms with Crippen molar-refractivity contribution in [2.45, 2.75) is 66.3 Å². The molecule has 1 atom stereocenters. The molecule has 2 heterocycles. The maximum Gasteiger partial charge on any atom is 0.264 e. The Morgan fingerprint density at radius 1 is 1.16 bits per heavy atom. The van der Waals surface area contributed by atoms with Gasteiger partial charge < -0.3 is 10.2 Å². The van der Waals surface area contributed by atoms with Gasteiger partial charge in [-0.25, -0.2) is 4.99 Å². The molecule has 1 unspecified atom stereocenters. The first-order chi connectivity index (χ1) is 15.1. The summed E-state index contributed by atoms with van der Waals surface area (Å²) in [5.74, 6) is 0.395. The summed E-state index contributed by atoms with van der Waals surface area (Å²) < 4.78 is 0. The van der Waals surface area contributed by atoms with Gasteiger partial charge in [0.05, 0.1) is 10.6 Å². The highest BCUT2D eigenvalue weighted by Gasteiger charge is 2.36. The molecule has 0 saturated carbocycles. The van der Waals surface area contributed by atoms with E-state index in [0.717, 1.165) is 35.3 Å². The molecule has 1 N–H and O–H groups in total. The molecule has 168 valence electrons. The Labute approximate surface area is 196 Å². The fraction of sp³-hybridized carbons (Fsp3) is 0.407. The molecule has 32 heavy (non-hydrogen) atoms. The Morgan fingerprint density at radius 2 is 1.84 bits per heavy atom. The van der Waals surface area contributed by atoms with Crippen molar-refractivity contribution in [3.05, 3.63) is 63.1 Å². The summed E-state index contributed by atoms with van der Waals surface area (Å²) in [7, 11) is 0.